The highest BCUT2D eigenvalue weighted by molar-refractivity contribution is 6.30. The number of pyridine rings is 1. The lowest BCUT2D eigenvalue weighted by molar-refractivity contribution is -0.117. The molecule has 11 nitrogen and oxygen atoms in total. The monoisotopic (exact) mass is 568 g/mol. The maximum atomic E-state index is 14.8. The Morgan fingerprint density at radius 1 is 1.02 bits per heavy atom. The quantitative estimate of drug-likeness (QED) is 0.347. The van der Waals surface area contributed by atoms with Gasteiger partial charge in [-0.25, -0.2) is 18.6 Å². The van der Waals surface area contributed by atoms with E-state index in [0.717, 1.165) is 42.8 Å². The molecule has 0 saturated heterocycles. The van der Waals surface area contributed by atoms with Crippen molar-refractivity contribution >= 4 is 34.9 Å². The van der Waals surface area contributed by atoms with Crippen LogP contribution in [0.15, 0.2) is 64.3 Å². The molecule has 2 aromatic heterocycles. The van der Waals surface area contributed by atoms with E-state index in [0.29, 0.717) is 4.57 Å². The van der Waals surface area contributed by atoms with Crippen molar-refractivity contribution in [1.82, 2.24) is 19.3 Å². The van der Waals surface area contributed by atoms with Crippen LogP contribution >= 0.6 is 11.6 Å². The molecule has 0 aliphatic heterocycles. The number of carbonyl (C=O) groups excluding carboxylic acids is 2. The predicted octanol–water partition coefficient (Wildman–Crippen LogP) is 3.65. The Bertz CT molecular complexity index is 1790. The van der Waals surface area contributed by atoms with Gasteiger partial charge in [-0.2, -0.15) is 9.78 Å². The fraction of sp³-hybridized carbons (Fsp3) is 0.154. The average Bonchev–Trinajstić information content (AvgIpc) is 3.77. The fourth-order valence-corrected chi connectivity index (χ4v) is 3.77. The second-order valence-corrected chi connectivity index (χ2v) is 9.25. The van der Waals surface area contributed by atoms with E-state index in [-0.39, 0.29) is 45.5 Å². The summed E-state index contributed by atoms with van der Waals surface area (Å²) in [7, 11) is 1.14. The highest BCUT2D eigenvalue weighted by atomic mass is 35.5. The summed E-state index contributed by atoms with van der Waals surface area (Å²) in [6.07, 6.45) is 3.05. The first kappa shape index (κ1) is 26.7. The van der Waals surface area contributed by atoms with Crippen LogP contribution in [0.1, 0.15) is 23.3 Å². The number of halogens is 3. The summed E-state index contributed by atoms with van der Waals surface area (Å²) in [4.78, 5) is 54.1. The topological polar surface area (TPSA) is 137 Å². The van der Waals surface area contributed by atoms with Gasteiger partial charge in [0, 0.05) is 37.0 Å². The zero-order valence-electron chi connectivity index (χ0n) is 20.7. The van der Waals surface area contributed by atoms with E-state index in [2.05, 4.69) is 20.7 Å². The zero-order valence-corrected chi connectivity index (χ0v) is 21.4. The number of aromatic nitrogens is 4. The standard InChI is InChI=1S/C26H19ClF2N6O5/c1-34-25(38)22(33-35(26(34)39)15-5-6-18(28)17(27)11-15)24(37)31-14-4-7-20(19(29)10-14)40-16-8-9-30-21(12-16)32-23(36)13-2-3-13/h4-13H,2-3H2,1H3,(H,31,37)(H,30,32,36). The lowest BCUT2D eigenvalue weighted by atomic mass is 10.2. The molecular weight excluding hydrogens is 550 g/mol. The van der Waals surface area contributed by atoms with Crippen LogP contribution in [0.4, 0.5) is 20.3 Å². The zero-order chi connectivity index (χ0) is 28.6. The second-order valence-electron chi connectivity index (χ2n) is 8.85. The smallest absolute Gasteiger partial charge is 0.351 e. The summed E-state index contributed by atoms with van der Waals surface area (Å²) in [6.45, 7) is 0. The molecule has 5 rings (SSSR count). The first-order chi connectivity index (χ1) is 19.1. The third-order valence-electron chi connectivity index (χ3n) is 5.89. The number of anilines is 2. The summed E-state index contributed by atoms with van der Waals surface area (Å²) in [5, 5.41) is 8.56. The van der Waals surface area contributed by atoms with Crippen molar-refractivity contribution in [2.24, 2.45) is 13.0 Å². The van der Waals surface area contributed by atoms with E-state index in [9.17, 15) is 28.0 Å². The molecule has 2 N–H and O–H groups in total. The minimum absolute atomic E-state index is 0.0139. The minimum Gasteiger partial charge on any atom is -0.454 e. The molecule has 2 heterocycles. The van der Waals surface area contributed by atoms with E-state index in [1.165, 1.54) is 36.5 Å². The number of amides is 2. The van der Waals surface area contributed by atoms with Crippen LogP contribution in [0.2, 0.25) is 5.02 Å². The molecule has 1 aliphatic rings. The maximum Gasteiger partial charge on any atom is 0.351 e. The molecule has 0 radical (unpaired) electrons. The summed E-state index contributed by atoms with van der Waals surface area (Å²) in [5.41, 5.74) is -2.60. The minimum atomic E-state index is -1.03. The Morgan fingerprint density at radius 2 is 1.80 bits per heavy atom. The number of hydrogen-bond donors (Lipinski definition) is 2. The first-order valence-corrected chi connectivity index (χ1v) is 12.2. The van der Waals surface area contributed by atoms with E-state index < -0.39 is 34.5 Å². The lowest BCUT2D eigenvalue weighted by Crippen LogP contribution is -2.43. The van der Waals surface area contributed by atoms with Crippen LogP contribution < -0.4 is 26.6 Å². The van der Waals surface area contributed by atoms with Gasteiger partial charge in [0.15, 0.2) is 11.6 Å². The summed E-state index contributed by atoms with van der Waals surface area (Å²) in [5.74, 6) is -2.47. The predicted molar refractivity (Wildman–Crippen MR) is 140 cm³/mol. The highest BCUT2D eigenvalue weighted by Gasteiger charge is 2.29. The molecule has 1 aliphatic carbocycles. The molecule has 204 valence electrons. The lowest BCUT2D eigenvalue weighted by Gasteiger charge is -2.12. The third-order valence-corrected chi connectivity index (χ3v) is 6.18. The van der Waals surface area contributed by atoms with Crippen LogP contribution in [0.3, 0.4) is 0 Å². The average molecular weight is 569 g/mol. The molecule has 0 spiro atoms. The Morgan fingerprint density at radius 3 is 2.50 bits per heavy atom. The molecule has 40 heavy (non-hydrogen) atoms. The first-order valence-electron chi connectivity index (χ1n) is 11.8. The van der Waals surface area contributed by atoms with Crippen molar-refractivity contribution in [3.8, 4) is 17.2 Å². The van der Waals surface area contributed by atoms with Crippen molar-refractivity contribution in [1.29, 1.82) is 0 Å². The summed E-state index contributed by atoms with van der Waals surface area (Å²) in [6, 6.07) is 9.77. The van der Waals surface area contributed by atoms with Gasteiger partial charge in [-0.05, 0) is 49.2 Å². The highest BCUT2D eigenvalue weighted by Crippen LogP contribution is 2.31. The van der Waals surface area contributed by atoms with Crippen molar-refractivity contribution in [3.63, 3.8) is 0 Å². The molecule has 1 fully saturated rings. The van der Waals surface area contributed by atoms with E-state index in [1.54, 1.807) is 0 Å². The molecule has 2 aromatic carbocycles. The van der Waals surface area contributed by atoms with Gasteiger partial charge in [0.2, 0.25) is 11.6 Å². The van der Waals surface area contributed by atoms with Gasteiger partial charge in [-0.15, -0.1) is 0 Å². The Hall–Kier alpha value is -4.91. The van der Waals surface area contributed by atoms with Gasteiger partial charge in [-0.1, -0.05) is 11.6 Å². The Balaban J connectivity index is 1.35. The number of nitrogens with one attached hydrogen (secondary N) is 2. The van der Waals surface area contributed by atoms with Crippen LogP contribution in [-0.4, -0.2) is 31.1 Å². The van der Waals surface area contributed by atoms with Gasteiger partial charge < -0.3 is 15.4 Å². The van der Waals surface area contributed by atoms with E-state index in [4.69, 9.17) is 16.3 Å². The Kier molecular flexibility index (Phi) is 7.13. The molecule has 0 atom stereocenters. The largest absolute Gasteiger partial charge is 0.454 e. The van der Waals surface area contributed by atoms with Gasteiger partial charge in [0.1, 0.15) is 17.4 Å². The van der Waals surface area contributed by atoms with Crippen LogP contribution in [0, 0.1) is 17.6 Å². The van der Waals surface area contributed by atoms with Crippen molar-refractivity contribution in [2.75, 3.05) is 10.6 Å². The molecule has 1 saturated carbocycles. The molecule has 0 unspecified atom stereocenters. The maximum absolute atomic E-state index is 14.8. The van der Waals surface area contributed by atoms with Gasteiger partial charge in [-0.3, -0.25) is 19.0 Å². The second kappa shape index (κ2) is 10.7. The normalized spacial score (nSPS) is 12.6. The summed E-state index contributed by atoms with van der Waals surface area (Å²) < 4.78 is 35.3. The van der Waals surface area contributed by atoms with Crippen LogP contribution in [0.5, 0.6) is 11.5 Å². The molecular formula is C26H19ClF2N6O5. The van der Waals surface area contributed by atoms with Gasteiger partial charge in [0.05, 0.1) is 10.7 Å². The third kappa shape index (κ3) is 5.59. The summed E-state index contributed by atoms with van der Waals surface area (Å²) >= 11 is 5.79. The number of carbonyl (C=O) groups is 2. The molecule has 4 aromatic rings. The Labute approximate surface area is 229 Å². The van der Waals surface area contributed by atoms with E-state index >= 15 is 0 Å². The molecule has 14 heteroatoms. The fourth-order valence-electron chi connectivity index (χ4n) is 3.60. The van der Waals surface area contributed by atoms with Gasteiger partial charge >= 0.3 is 5.69 Å². The number of hydrogen-bond acceptors (Lipinski definition) is 7. The number of nitrogens with zero attached hydrogens (tertiary/aromatic N) is 4. The van der Waals surface area contributed by atoms with Gasteiger partial charge in [0.25, 0.3) is 11.5 Å². The molecule has 0 bridgehead atoms. The number of rotatable bonds is 7. The van der Waals surface area contributed by atoms with Crippen LogP contribution in [0.25, 0.3) is 5.69 Å². The van der Waals surface area contributed by atoms with E-state index in [1.807, 2.05) is 0 Å². The number of ether oxygens (including phenoxy) is 1. The SMILES string of the molecule is Cn1c(=O)c(C(=O)Nc2ccc(Oc3ccnc(NC(=O)C4CC4)c3)c(F)c2)nn(-c2ccc(F)c(Cl)c2)c1=O. The van der Waals surface area contributed by atoms with Crippen molar-refractivity contribution in [3.05, 3.63) is 97.9 Å². The number of benzene rings is 2. The molecule has 2 amide bonds. The van der Waals surface area contributed by atoms with Crippen molar-refractivity contribution in [2.45, 2.75) is 12.8 Å². The van der Waals surface area contributed by atoms with Crippen LogP contribution in [-0.2, 0) is 11.8 Å². The van der Waals surface area contributed by atoms with Crippen molar-refractivity contribution < 1.29 is 23.1 Å².